The SMILES string of the molecule is COc1ccc(CNc2nc(-n3cccc3CO)sc2NCc2ncccn2)cc1Cl. The topological polar surface area (TPSA) is 97.1 Å². The van der Waals surface area contributed by atoms with Crippen molar-refractivity contribution < 1.29 is 9.84 Å². The number of rotatable bonds is 9. The Kier molecular flexibility index (Phi) is 6.66. The van der Waals surface area contributed by atoms with Gasteiger partial charge in [-0.2, -0.15) is 0 Å². The van der Waals surface area contributed by atoms with E-state index in [0.29, 0.717) is 35.5 Å². The number of halogens is 1. The Hall–Kier alpha value is -3.14. The van der Waals surface area contributed by atoms with Gasteiger partial charge in [-0.1, -0.05) is 29.0 Å². The van der Waals surface area contributed by atoms with Crippen molar-refractivity contribution in [3.63, 3.8) is 0 Å². The first-order chi connectivity index (χ1) is 15.2. The third-order valence-corrected chi connectivity index (χ3v) is 5.83. The second-order valence-corrected chi connectivity index (χ2v) is 7.93. The van der Waals surface area contributed by atoms with E-state index in [1.807, 2.05) is 41.1 Å². The summed E-state index contributed by atoms with van der Waals surface area (Å²) in [6.07, 6.45) is 5.30. The summed E-state index contributed by atoms with van der Waals surface area (Å²) in [5.74, 6) is 2.01. The molecule has 0 amide bonds. The molecule has 8 nitrogen and oxygen atoms in total. The highest BCUT2D eigenvalue weighted by molar-refractivity contribution is 7.18. The molecule has 0 fully saturated rings. The van der Waals surface area contributed by atoms with E-state index in [1.165, 1.54) is 11.3 Å². The van der Waals surface area contributed by atoms with E-state index in [-0.39, 0.29) is 6.61 Å². The Morgan fingerprint density at radius 2 is 1.97 bits per heavy atom. The van der Waals surface area contributed by atoms with E-state index in [1.54, 1.807) is 25.6 Å². The van der Waals surface area contributed by atoms with Crippen LogP contribution >= 0.6 is 22.9 Å². The fourth-order valence-corrected chi connectivity index (χ4v) is 4.20. The lowest BCUT2D eigenvalue weighted by Gasteiger charge is -2.09. The number of methoxy groups -OCH3 is 1. The molecule has 0 saturated carbocycles. The van der Waals surface area contributed by atoms with Gasteiger partial charge in [0.25, 0.3) is 0 Å². The van der Waals surface area contributed by atoms with Crippen molar-refractivity contribution in [2.75, 3.05) is 17.7 Å². The van der Waals surface area contributed by atoms with Gasteiger partial charge in [-0.15, -0.1) is 0 Å². The summed E-state index contributed by atoms with van der Waals surface area (Å²) in [6.45, 7) is 0.923. The van der Waals surface area contributed by atoms with Crippen LogP contribution in [0.4, 0.5) is 10.8 Å². The molecular weight excluding hydrogens is 436 g/mol. The molecule has 10 heteroatoms. The average molecular weight is 457 g/mol. The minimum atomic E-state index is -0.0691. The molecule has 3 N–H and O–H groups in total. The summed E-state index contributed by atoms with van der Waals surface area (Å²) in [4.78, 5) is 13.2. The van der Waals surface area contributed by atoms with Crippen LogP contribution in [0, 0.1) is 0 Å². The van der Waals surface area contributed by atoms with E-state index < -0.39 is 0 Å². The molecule has 0 radical (unpaired) electrons. The third kappa shape index (κ3) is 4.96. The van der Waals surface area contributed by atoms with E-state index in [0.717, 1.165) is 21.4 Å². The van der Waals surface area contributed by atoms with Gasteiger partial charge in [0.1, 0.15) is 16.6 Å². The molecule has 0 unspecified atom stereocenters. The van der Waals surface area contributed by atoms with Crippen LogP contribution in [0.2, 0.25) is 5.02 Å². The Balaban J connectivity index is 1.57. The van der Waals surface area contributed by atoms with Crippen LogP contribution in [0.1, 0.15) is 17.1 Å². The van der Waals surface area contributed by atoms with Crippen molar-refractivity contribution in [1.82, 2.24) is 19.5 Å². The van der Waals surface area contributed by atoms with Crippen molar-refractivity contribution in [3.8, 4) is 10.9 Å². The Morgan fingerprint density at radius 1 is 1.13 bits per heavy atom. The molecule has 1 aromatic carbocycles. The zero-order valence-electron chi connectivity index (χ0n) is 16.7. The standard InChI is InChI=1S/C21H21ClN6O2S/c1-30-17-6-5-14(10-16(17)22)11-25-19-20(26-12-18-23-7-3-8-24-18)31-21(27-19)28-9-2-4-15(28)13-29/h2-10,25-26,29H,11-13H2,1H3. The van der Waals surface area contributed by atoms with Gasteiger partial charge in [-0.25, -0.2) is 15.0 Å². The largest absolute Gasteiger partial charge is 0.495 e. The number of aromatic nitrogens is 4. The molecule has 4 aromatic rings. The molecule has 0 saturated heterocycles. The lowest BCUT2D eigenvalue weighted by Crippen LogP contribution is -2.06. The summed E-state index contributed by atoms with van der Waals surface area (Å²) < 4.78 is 7.08. The van der Waals surface area contributed by atoms with Gasteiger partial charge >= 0.3 is 0 Å². The quantitative estimate of drug-likeness (QED) is 0.349. The molecule has 3 aromatic heterocycles. The maximum Gasteiger partial charge on any atom is 0.197 e. The number of nitrogens with zero attached hydrogens (tertiary/aromatic N) is 4. The summed E-state index contributed by atoms with van der Waals surface area (Å²) in [7, 11) is 1.59. The molecular formula is C21H21ClN6O2S. The van der Waals surface area contributed by atoms with Crippen molar-refractivity contribution in [2.45, 2.75) is 19.7 Å². The summed E-state index contributed by atoms with van der Waals surface area (Å²) >= 11 is 7.72. The van der Waals surface area contributed by atoms with Crippen molar-refractivity contribution in [3.05, 3.63) is 77.1 Å². The molecule has 160 valence electrons. The second kappa shape index (κ2) is 9.78. The number of thiazole rings is 1. The number of ether oxygens (including phenoxy) is 1. The number of aliphatic hydroxyl groups is 1. The third-order valence-electron chi connectivity index (χ3n) is 4.52. The van der Waals surface area contributed by atoms with E-state index in [9.17, 15) is 5.11 Å². The molecule has 0 aliphatic heterocycles. The zero-order valence-corrected chi connectivity index (χ0v) is 18.3. The Morgan fingerprint density at radius 3 is 2.71 bits per heavy atom. The zero-order chi connectivity index (χ0) is 21.6. The van der Waals surface area contributed by atoms with Crippen LogP contribution in [-0.2, 0) is 19.7 Å². The average Bonchev–Trinajstić information content (AvgIpc) is 3.43. The number of nitrogens with one attached hydrogen (secondary N) is 2. The van der Waals surface area contributed by atoms with Crippen LogP contribution in [-0.4, -0.2) is 31.7 Å². The highest BCUT2D eigenvalue weighted by Crippen LogP contribution is 2.33. The monoisotopic (exact) mass is 456 g/mol. The van der Waals surface area contributed by atoms with E-state index >= 15 is 0 Å². The van der Waals surface area contributed by atoms with Crippen molar-refractivity contribution in [1.29, 1.82) is 0 Å². The lowest BCUT2D eigenvalue weighted by molar-refractivity contribution is 0.274. The second-order valence-electron chi connectivity index (χ2n) is 6.54. The highest BCUT2D eigenvalue weighted by Gasteiger charge is 2.15. The molecule has 0 bridgehead atoms. The van der Waals surface area contributed by atoms with Crippen LogP contribution < -0.4 is 15.4 Å². The van der Waals surface area contributed by atoms with Crippen molar-refractivity contribution in [2.24, 2.45) is 0 Å². The molecule has 0 spiro atoms. The molecule has 3 heterocycles. The Bertz CT molecular complexity index is 1150. The minimum Gasteiger partial charge on any atom is -0.495 e. The number of aliphatic hydroxyl groups excluding tert-OH is 1. The van der Waals surface area contributed by atoms with Crippen LogP contribution in [0.15, 0.2) is 55.0 Å². The van der Waals surface area contributed by atoms with Gasteiger partial charge in [-0.05, 0) is 35.9 Å². The number of hydrogen-bond acceptors (Lipinski definition) is 8. The molecule has 31 heavy (non-hydrogen) atoms. The van der Waals surface area contributed by atoms with Gasteiger partial charge in [0.2, 0.25) is 0 Å². The Labute approximate surface area is 188 Å². The first-order valence-corrected chi connectivity index (χ1v) is 10.7. The number of hydrogen-bond donors (Lipinski definition) is 3. The van der Waals surface area contributed by atoms with Crippen LogP contribution in [0.3, 0.4) is 0 Å². The lowest BCUT2D eigenvalue weighted by atomic mass is 10.2. The van der Waals surface area contributed by atoms with Gasteiger partial charge in [-0.3, -0.25) is 4.57 Å². The maximum atomic E-state index is 9.60. The van der Waals surface area contributed by atoms with E-state index in [2.05, 4.69) is 20.6 Å². The number of benzene rings is 1. The molecule has 0 aliphatic rings. The first-order valence-electron chi connectivity index (χ1n) is 9.52. The molecule has 0 atom stereocenters. The summed E-state index contributed by atoms with van der Waals surface area (Å²) in [5.41, 5.74) is 1.76. The van der Waals surface area contributed by atoms with Gasteiger partial charge < -0.3 is 20.5 Å². The normalized spacial score (nSPS) is 10.8. The van der Waals surface area contributed by atoms with Crippen LogP contribution in [0.25, 0.3) is 5.13 Å². The first kappa shape index (κ1) is 21.1. The molecule has 0 aliphatic carbocycles. The molecule has 4 rings (SSSR count). The van der Waals surface area contributed by atoms with Crippen molar-refractivity contribution >= 4 is 33.8 Å². The van der Waals surface area contributed by atoms with Gasteiger partial charge in [0.05, 0.1) is 31.0 Å². The summed E-state index contributed by atoms with van der Waals surface area (Å²) in [6, 6.07) is 11.2. The van der Waals surface area contributed by atoms with E-state index in [4.69, 9.17) is 21.3 Å². The predicted octanol–water partition coefficient (Wildman–Crippen LogP) is 4.10. The fraction of sp³-hybridized carbons (Fsp3) is 0.190. The van der Waals surface area contributed by atoms with Gasteiger partial charge in [0, 0.05) is 25.1 Å². The smallest absolute Gasteiger partial charge is 0.197 e. The number of anilines is 2. The predicted molar refractivity (Wildman–Crippen MR) is 122 cm³/mol. The van der Waals surface area contributed by atoms with Gasteiger partial charge in [0.15, 0.2) is 10.9 Å². The van der Waals surface area contributed by atoms with Crippen LogP contribution in [0.5, 0.6) is 5.75 Å². The fourth-order valence-electron chi connectivity index (χ4n) is 2.97. The minimum absolute atomic E-state index is 0.0691. The summed E-state index contributed by atoms with van der Waals surface area (Å²) in [5, 5.41) is 18.5. The maximum absolute atomic E-state index is 9.60. The highest BCUT2D eigenvalue weighted by atomic mass is 35.5.